The SMILES string of the molecule is COCO[C@H]1CCC(=O)N(Cc2ccc(OC)cc2)[C@@H]1CC1CO1. The molecule has 0 saturated carbocycles. The first kappa shape index (κ1) is 17.2. The number of hydrogen-bond donors (Lipinski definition) is 0. The van der Waals surface area contributed by atoms with Gasteiger partial charge in [0.25, 0.3) is 0 Å². The van der Waals surface area contributed by atoms with Crippen LogP contribution in [0.3, 0.4) is 0 Å². The quantitative estimate of drug-likeness (QED) is 0.537. The van der Waals surface area contributed by atoms with Crippen molar-refractivity contribution in [2.45, 2.75) is 44.1 Å². The molecule has 2 heterocycles. The van der Waals surface area contributed by atoms with Gasteiger partial charge >= 0.3 is 0 Å². The Morgan fingerprint density at radius 2 is 2.00 bits per heavy atom. The van der Waals surface area contributed by atoms with Crippen LogP contribution in [-0.4, -0.2) is 56.7 Å². The number of likely N-dealkylation sites (tertiary alicyclic amines) is 1. The van der Waals surface area contributed by atoms with Crippen molar-refractivity contribution in [1.29, 1.82) is 0 Å². The number of ether oxygens (including phenoxy) is 4. The Kier molecular flexibility index (Phi) is 5.71. The zero-order valence-corrected chi connectivity index (χ0v) is 14.3. The molecule has 0 N–H and O–H groups in total. The highest BCUT2D eigenvalue weighted by Gasteiger charge is 2.40. The zero-order valence-electron chi connectivity index (χ0n) is 14.3. The van der Waals surface area contributed by atoms with E-state index < -0.39 is 0 Å². The van der Waals surface area contributed by atoms with Crippen LogP contribution in [0.25, 0.3) is 0 Å². The van der Waals surface area contributed by atoms with Gasteiger partial charge in [-0.25, -0.2) is 0 Å². The summed E-state index contributed by atoms with van der Waals surface area (Å²) in [7, 11) is 3.26. The molecule has 1 aromatic carbocycles. The standard InChI is InChI=1S/C18H25NO5/c1-21-12-24-17-7-8-18(20)19(16(17)9-15-11-23-15)10-13-3-5-14(22-2)6-4-13/h3-6,15-17H,7-12H2,1-2H3/t15?,16-,17+/m1/s1. The summed E-state index contributed by atoms with van der Waals surface area (Å²) in [6.07, 6.45) is 2.29. The maximum Gasteiger partial charge on any atom is 0.223 e. The van der Waals surface area contributed by atoms with E-state index in [0.717, 1.165) is 30.8 Å². The van der Waals surface area contributed by atoms with Gasteiger partial charge in [0.05, 0.1) is 32.0 Å². The maximum atomic E-state index is 12.5. The van der Waals surface area contributed by atoms with Crippen molar-refractivity contribution in [3.8, 4) is 5.75 Å². The molecule has 2 aliphatic heterocycles. The summed E-state index contributed by atoms with van der Waals surface area (Å²) >= 11 is 0. The van der Waals surface area contributed by atoms with Gasteiger partial charge in [-0.2, -0.15) is 0 Å². The Morgan fingerprint density at radius 1 is 1.25 bits per heavy atom. The average Bonchev–Trinajstić information content (AvgIpc) is 3.42. The van der Waals surface area contributed by atoms with Crippen LogP contribution < -0.4 is 4.74 Å². The van der Waals surface area contributed by atoms with Crippen LogP contribution in [0.1, 0.15) is 24.8 Å². The van der Waals surface area contributed by atoms with Crippen LogP contribution in [0, 0.1) is 0 Å². The van der Waals surface area contributed by atoms with Gasteiger partial charge in [-0.1, -0.05) is 12.1 Å². The largest absolute Gasteiger partial charge is 0.497 e. The minimum atomic E-state index is -0.00917. The second kappa shape index (κ2) is 7.96. The molecule has 1 aromatic rings. The predicted molar refractivity (Wildman–Crippen MR) is 87.7 cm³/mol. The van der Waals surface area contributed by atoms with Gasteiger partial charge in [0.2, 0.25) is 5.91 Å². The summed E-state index contributed by atoms with van der Waals surface area (Å²) < 4.78 is 21.5. The average molecular weight is 335 g/mol. The second-order valence-electron chi connectivity index (χ2n) is 6.28. The number of methoxy groups -OCH3 is 2. The van der Waals surface area contributed by atoms with Crippen molar-refractivity contribution < 1.29 is 23.7 Å². The zero-order chi connectivity index (χ0) is 16.9. The summed E-state index contributed by atoms with van der Waals surface area (Å²) in [5.74, 6) is 0.988. The smallest absolute Gasteiger partial charge is 0.223 e. The summed E-state index contributed by atoms with van der Waals surface area (Å²) in [6, 6.07) is 7.85. The van der Waals surface area contributed by atoms with Crippen LogP contribution in [0.5, 0.6) is 5.75 Å². The molecule has 132 valence electrons. The van der Waals surface area contributed by atoms with Crippen molar-refractivity contribution >= 4 is 5.91 Å². The number of rotatable bonds is 8. The molecule has 3 atom stereocenters. The van der Waals surface area contributed by atoms with Crippen molar-refractivity contribution in [2.75, 3.05) is 27.6 Å². The molecule has 3 rings (SSSR count). The third-order valence-corrected chi connectivity index (χ3v) is 4.61. The first-order chi connectivity index (χ1) is 11.7. The third-order valence-electron chi connectivity index (χ3n) is 4.61. The lowest BCUT2D eigenvalue weighted by atomic mass is 9.93. The Hall–Kier alpha value is -1.63. The maximum absolute atomic E-state index is 12.5. The number of carbonyl (C=O) groups excluding carboxylic acids is 1. The number of benzene rings is 1. The van der Waals surface area contributed by atoms with Gasteiger partial charge in [0.1, 0.15) is 12.5 Å². The van der Waals surface area contributed by atoms with Gasteiger partial charge in [-0.15, -0.1) is 0 Å². The van der Waals surface area contributed by atoms with Crippen LogP contribution in [0.4, 0.5) is 0 Å². The summed E-state index contributed by atoms with van der Waals surface area (Å²) in [4.78, 5) is 14.5. The third kappa shape index (κ3) is 4.26. The minimum absolute atomic E-state index is 0.00917. The molecule has 24 heavy (non-hydrogen) atoms. The molecule has 6 heteroatoms. The van der Waals surface area contributed by atoms with E-state index in [2.05, 4.69) is 0 Å². The van der Waals surface area contributed by atoms with Gasteiger partial charge in [0.15, 0.2) is 0 Å². The molecule has 2 saturated heterocycles. The highest BCUT2D eigenvalue weighted by atomic mass is 16.7. The number of piperidine rings is 1. The molecule has 2 fully saturated rings. The molecule has 0 radical (unpaired) electrons. The summed E-state index contributed by atoms with van der Waals surface area (Å²) in [5.41, 5.74) is 1.08. The van der Waals surface area contributed by atoms with Crippen molar-refractivity contribution in [2.24, 2.45) is 0 Å². The van der Waals surface area contributed by atoms with E-state index in [1.165, 1.54) is 0 Å². The molecule has 1 amide bonds. The van der Waals surface area contributed by atoms with E-state index >= 15 is 0 Å². The summed E-state index contributed by atoms with van der Waals surface area (Å²) in [6.45, 7) is 1.60. The van der Waals surface area contributed by atoms with Crippen molar-refractivity contribution in [1.82, 2.24) is 4.90 Å². The van der Waals surface area contributed by atoms with Crippen LogP contribution in [0.2, 0.25) is 0 Å². The molecule has 1 unspecified atom stereocenters. The van der Waals surface area contributed by atoms with Gasteiger partial charge < -0.3 is 23.8 Å². The van der Waals surface area contributed by atoms with E-state index in [4.69, 9.17) is 18.9 Å². The van der Waals surface area contributed by atoms with Crippen molar-refractivity contribution in [3.63, 3.8) is 0 Å². The van der Waals surface area contributed by atoms with Crippen molar-refractivity contribution in [3.05, 3.63) is 29.8 Å². The van der Waals surface area contributed by atoms with E-state index in [0.29, 0.717) is 13.0 Å². The molecule has 0 bridgehead atoms. The molecule has 0 aliphatic carbocycles. The van der Waals surface area contributed by atoms with Crippen LogP contribution in [0.15, 0.2) is 24.3 Å². The number of epoxide rings is 1. The lowest BCUT2D eigenvalue weighted by molar-refractivity contribution is -0.155. The van der Waals surface area contributed by atoms with E-state index in [1.54, 1.807) is 14.2 Å². The van der Waals surface area contributed by atoms with E-state index in [1.807, 2.05) is 29.2 Å². The Bertz CT molecular complexity index is 543. The van der Waals surface area contributed by atoms with Crippen LogP contribution >= 0.6 is 0 Å². The highest BCUT2D eigenvalue weighted by molar-refractivity contribution is 5.77. The lowest BCUT2D eigenvalue weighted by Crippen LogP contribution is -2.52. The molecule has 6 nitrogen and oxygen atoms in total. The molecule has 0 spiro atoms. The molecular formula is C18H25NO5. The van der Waals surface area contributed by atoms with Gasteiger partial charge in [-0.05, 0) is 30.5 Å². The Balaban J connectivity index is 1.73. The fourth-order valence-electron chi connectivity index (χ4n) is 3.22. The molecule has 0 aromatic heterocycles. The fraction of sp³-hybridized carbons (Fsp3) is 0.611. The lowest BCUT2D eigenvalue weighted by Gasteiger charge is -2.41. The monoisotopic (exact) mass is 335 g/mol. The van der Waals surface area contributed by atoms with E-state index in [-0.39, 0.29) is 30.9 Å². The number of hydrogen-bond acceptors (Lipinski definition) is 5. The van der Waals surface area contributed by atoms with E-state index in [9.17, 15) is 4.79 Å². The fourth-order valence-corrected chi connectivity index (χ4v) is 3.22. The Morgan fingerprint density at radius 3 is 2.62 bits per heavy atom. The van der Waals surface area contributed by atoms with Gasteiger partial charge in [0, 0.05) is 20.1 Å². The molecule has 2 aliphatic rings. The number of nitrogens with zero attached hydrogens (tertiary/aromatic N) is 1. The summed E-state index contributed by atoms with van der Waals surface area (Å²) in [5, 5.41) is 0. The van der Waals surface area contributed by atoms with Gasteiger partial charge in [-0.3, -0.25) is 4.79 Å². The topological polar surface area (TPSA) is 60.5 Å². The first-order valence-corrected chi connectivity index (χ1v) is 8.36. The normalized spacial score (nSPS) is 26.5. The predicted octanol–water partition coefficient (Wildman–Crippen LogP) is 1.96. The minimum Gasteiger partial charge on any atom is -0.497 e. The number of amides is 1. The Labute approximate surface area is 142 Å². The molecular weight excluding hydrogens is 310 g/mol. The second-order valence-corrected chi connectivity index (χ2v) is 6.28. The van der Waals surface area contributed by atoms with Crippen LogP contribution in [-0.2, 0) is 25.5 Å². The first-order valence-electron chi connectivity index (χ1n) is 8.36. The highest BCUT2D eigenvalue weighted by Crippen LogP contribution is 2.30. The number of carbonyl (C=O) groups is 1.